The predicted molar refractivity (Wildman–Crippen MR) is 116 cm³/mol. The number of amides is 2. The van der Waals surface area contributed by atoms with Gasteiger partial charge in [0.1, 0.15) is 11.4 Å². The van der Waals surface area contributed by atoms with Crippen LogP contribution in [0, 0.1) is 0 Å². The zero-order valence-corrected chi connectivity index (χ0v) is 17.2. The normalized spacial score (nSPS) is 10.4. The number of carbonyl (C=O) groups is 2. The number of carbonyl (C=O) groups excluding carboxylic acids is 2. The molecule has 0 aliphatic heterocycles. The van der Waals surface area contributed by atoms with E-state index in [0.29, 0.717) is 22.1 Å². The lowest BCUT2D eigenvalue weighted by Crippen LogP contribution is -2.14. The second-order valence-electron chi connectivity index (χ2n) is 6.48. The maximum atomic E-state index is 12.4. The maximum absolute atomic E-state index is 12.4. The van der Waals surface area contributed by atoms with E-state index in [1.54, 1.807) is 36.8 Å². The number of aryl methyl sites for hydroxylation is 1. The van der Waals surface area contributed by atoms with Crippen molar-refractivity contribution in [2.75, 3.05) is 17.7 Å². The fourth-order valence-corrected chi connectivity index (χ4v) is 3.36. The standard InChI is InChI=1S/C22H23N3O3S/c1-3-4-5-15-6-10-17(11-7-15)23-21(27)19-14-29-22(24-19)25-20(26)16-8-12-18(28-2)13-9-16/h6-14H,3-5H2,1-2H3,(H,23,27)(H,24,25,26). The molecule has 29 heavy (non-hydrogen) atoms. The summed E-state index contributed by atoms with van der Waals surface area (Å²) in [6.07, 6.45) is 3.34. The van der Waals surface area contributed by atoms with Crippen LogP contribution in [0.3, 0.4) is 0 Å². The van der Waals surface area contributed by atoms with Crippen molar-refractivity contribution in [2.24, 2.45) is 0 Å². The first-order chi connectivity index (χ1) is 14.1. The zero-order chi connectivity index (χ0) is 20.6. The van der Waals surface area contributed by atoms with E-state index in [-0.39, 0.29) is 17.5 Å². The minimum absolute atomic E-state index is 0.259. The molecule has 0 aliphatic rings. The van der Waals surface area contributed by atoms with Gasteiger partial charge in [-0.3, -0.25) is 14.9 Å². The van der Waals surface area contributed by atoms with E-state index in [2.05, 4.69) is 22.5 Å². The van der Waals surface area contributed by atoms with Crippen LogP contribution in [0.1, 0.15) is 46.2 Å². The van der Waals surface area contributed by atoms with E-state index in [0.717, 1.165) is 19.3 Å². The lowest BCUT2D eigenvalue weighted by Gasteiger charge is -2.05. The molecule has 150 valence electrons. The van der Waals surface area contributed by atoms with E-state index in [4.69, 9.17) is 4.74 Å². The topological polar surface area (TPSA) is 80.3 Å². The molecule has 0 fully saturated rings. The number of anilines is 2. The van der Waals surface area contributed by atoms with Crippen molar-refractivity contribution in [3.05, 3.63) is 70.7 Å². The molecule has 0 aliphatic carbocycles. The van der Waals surface area contributed by atoms with Crippen LogP contribution in [0.4, 0.5) is 10.8 Å². The largest absolute Gasteiger partial charge is 0.497 e. The Hall–Kier alpha value is -3.19. The smallest absolute Gasteiger partial charge is 0.275 e. The third-order valence-corrected chi connectivity index (χ3v) is 5.10. The summed E-state index contributed by atoms with van der Waals surface area (Å²) in [6.45, 7) is 2.16. The number of aromatic nitrogens is 1. The number of benzene rings is 2. The van der Waals surface area contributed by atoms with Crippen LogP contribution in [0.25, 0.3) is 0 Å². The molecule has 3 aromatic rings. The van der Waals surface area contributed by atoms with Crippen LogP contribution in [0.15, 0.2) is 53.9 Å². The highest BCUT2D eigenvalue weighted by Gasteiger charge is 2.14. The Morgan fingerprint density at radius 2 is 1.72 bits per heavy atom. The molecule has 3 rings (SSSR count). The van der Waals surface area contributed by atoms with Crippen LogP contribution in [-0.4, -0.2) is 23.9 Å². The summed E-state index contributed by atoms with van der Waals surface area (Å²) in [5.74, 6) is 0.0669. The summed E-state index contributed by atoms with van der Waals surface area (Å²) in [5.41, 5.74) is 2.71. The molecule has 2 N–H and O–H groups in total. The number of rotatable bonds is 8. The van der Waals surface area contributed by atoms with Crippen molar-refractivity contribution in [1.29, 1.82) is 0 Å². The van der Waals surface area contributed by atoms with E-state index in [9.17, 15) is 9.59 Å². The first-order valence-corrected chi connectivity index (χ1v) is 10.3. The molecule has 0 bridgehead atoms. The van der Waals surface area contributed by atoms with Crippen LogP contribution >= 0.6 is 11.3 Å². The average molecular weight is 410 g/mol. The molecule has 7 heteroatoms. The quantitative estimate of drug-likeness (QED) is 0.549. The second-order valence-corrected chi connectivity index (χ2v) is 7.33. The molecule has 0 atom stereocenters. The summed E-state index contributed by atoms with van der Waals surface area (Å²) in [6, 6.07) is 14.6. The summed E-state index contributed by atoms with van der Waals surface area (Å²) < 4.78 is 5.08. The molecule has 6 nitrogen and oxygen atoms in total. The van der Waals surface area contributed by atoms with Gasteiger partial charge in [0.25, 0.3) is 11.8 Å². The molecule has 0 saturated carbocycles. The van der Waals surface area contributed by atoms with Gasteiger partial charge in [0.15, 0.2) is 5.13 Å². The molecule has 0 saturated heterocycles. The van der Waals surface area contributed by atoms with Crippen LogP contribution in [-0.2, 0) is 6.42 Å². The first kappa shape index (κ1) is 20.5. The minimum Gasteiger partial charge on any atom is -0.497 e. The molecule has 1 heterocycles. The molecule has 0 spiro atoms. The molecule has 2 amide bonds. The van der Waals surface area contributed by atoms with Crippen LogP contribution in [0.5, 0.6) is 5.75 Å². The van der Waals surface area contributed by atoms with Gasteiger partial charge in [0.2, 0.25) is 0 Å². The third kappa shape index (κ3) is 5.65. The Bertz CT molecular complexity index is 966. The summed E-state index contributed by atoms with van der Waals surface area (Å²) in [4.78, 5) is 28.9. The molecular weight excluding hydrogens is 386 g/mol. The highest BCUT2D eigenvalue weighted by atomic mass is 32.1. The van der Waals surface area contributed by atoms with E-state index < -0.39 is 0 Å². The highest BCUT2D eigenvalue weighted by molar-refractivity contribution is 7.14. The Morgan fingerprint density at radius 1 is 1.00 bits per heavy atom. The number of hydrogen-bond donors (Lipinski definition) is 2. The van der Waals surface area contributed by atoms with Crippen molar-refractivity contribution < 1.29 is 14.3 Å². The SMILES string of the molecule is CCCCc1ccc(NC(=O)c2csc(NC(=O)c3ccc(OC)cc3)n2)cc1. The number of ether oxygens (including phenoxy) is 1. The third-order valence-electron chi connectivity index (χ3n) is 4.34. The van der Waals surface area contributed by atoms with Gasteiger partial charge in [-0.1, -0.05) is 25.5 Å². The highest BCUT2D eigenvalue weighted by Crippen LogP contribution is 2.19. The molecule has 0 radical (unpaired) electrons. The van der Waals surface area contributed by atoms with Gasteiger partial charge in [-0.15, -0.1) is 11.3 Å². The van der Waals surface area contributed by atoms with Crippen molar-refractivity contribution in [3.8, 4) is 5.75 Å². The number of nitrogens with one attached hydrogen (secondary N) is 2. The van der Waals surface area contributed by atoms with Gasteiger partial charge < -0.3 is 10.1 Å². The van der Waals surface area contributed by atoms with Crippen molar-refractivity contribution in [1.82, 2.24) is 4.98 Å². The van der Waals surface area contributed by atoms with Crippen molar-refractivity contribution in [2.45, 2.75) is 26.2 Å². The van der Waals surface area contributed by atoms with E-state index in [1.165, 1.54) is 16.9 Å². The zero-order valence-electron chi connectivity index (χ0n) is 16.4. The lowest BCUT2D eigenvalue weighted by molar-refractivity contribution is 0.101. The van der Waals surface area contributed by atoms with Gasteiger partial charge >= 0.3 is 0 Å². The summed E-state index contributed by atoms with van der Waals surface area (Å²) in [7, 11) is 1.57. The Balaban J connectivity index is 1.58. The van der Waals surface area contributed by atoms with Gasteiger partial charge in [-0.2, -0.15) is 0 Å². The predicted octanol–water partition coefficient (Wildman–Crippen LogP) is 5.00. The second kappa shape index (κ2) is 9.84. The fraction of sp³-hybridized carbons (Fsp3) is 0.227. The lowest BCUT2D eigenvalue weighted by atomic mass is 10.1. The van der Waals surface area contributed by atoms with Crippen molar-refractivity contribution >= 4 is 34.0 Å². The first-order valence-electron chi connectivity index (χ1n) is 9.40. The van der Waals surface area contributed by atoms with Gasteiger partial charge in [-0.25, -0.2) is 4.98 Å². The Labute approximate surface area is 173 Å². The number of hydrogen-bond acceptors (Lipinski definition) is 5. The van der Waals surface area contributed by atoms with Crippen LogP contribution in [0.2, 0.25) is 0 Å². The maximum Gasteiger partial charge on any atom is 0.275 e. The van der Waals surface area contributed by atoms with Crippen molar-refractivity contribution in [3.63, 3.8) is 0 Å². The van der Waals surface area contributed by atoms with E-state index in [1.807, 2.05) is 24.3 Å². The Morgan fingerprint density at radius 3 is 2.38 bits per heavy atom. The summed E-state index contributed by atoms with van der Waals surface area (Å²) >= 11 is 1.20. The molecule has 1 aromatic heterocycles. The Kier molecular flexibility index (Phi) is 6.97. The van der Waals surface area contributed by atoms with Gasteiger partial charge in [-0.05, 0) is 54.8 Å². The number of unbranched alkanes of at least 4 members (excludes halogenated alkanes) is 1. The van der Waals surface area contributed by atoms with E-state index >= 15 is 0 Å². The summed E-state index contributed by atoms with van der Waals surface area (Å²) in [5, 5.41) is 7.53. The van der Waals surface area contributed by atoms with Crippen LogP contribution < -0.4 is 15.4 Å². The fourth-order valence-electron chi connectivity index (χ4n) is 2.68. The van der Waals surface area contributed by atoms with Gasteiger partial charge in [0, 0.05) is 16.6 Å². The molecule has 2 aromatic carbocycles. The monoisotopic (exact) mass is 409 g/mol. The number of thiazole rings is 1. The molecule has 0 unspecified atom stereocenters. The molecular formula is C22H23N3O3S. The van der Waals surface area contributed by atoms with Gasteiger partial charge in [0.05, 0.1) is 7.11 Å². The number of nitrogens with zero attached hydrogens (tertiary/aromatic N) is 1. The minimum atomic E-state index is -0.312. The average Bonchev–Trinajstić information content (AvgIpc) is 3.22. The number of methoxy groups -OCH3 is 1.